The highest BCUT2D eigenvalue weighted by atomic mass is 127. The van der Waals surface area contributed by atoms with E-state index in [4.69, 9.17) is 9.47 Å². The monoisotopic (exact) mass is 540 g/mol. The standard InChI is InChI=1S/C24H36N4O2.HI/c1-25-24(26-14-16-28(2)15-9-17-29-3)27-18-22-12-7-8-13-23(22)20-30-19-21-10-5-4-6-11-21;/h4-8,10-13H,9,14-20H2,1-3H3,(H2,25,26,27);1H. The highest BCUT2D eigenvalue weighted by Gasteiger charge is 2.05. The summed E-state index contributed by atoms with van der Waals surface area (Å²) >= 11 is 0. The van der Waals surface area contributed by atoms with E-state index in [0.29, 0.717) is 19.8 Å². The summed E-state index contributed by atoms with van der Waals surface area (Å²) in [6, 6.07) is 18.6. The molecular weight excluding hydrogens is 503 g/mol. The Hall–Kier alpha value is -1.68. The molecule has 7 heteroatoms. The maximum absolute atomic E-state index is 5.92. The van der Waals surface area contributed by atoms with Gasteiger partial charge in [-0.2, -0.15) is 0 Å². The van der Waals surface area contributed by atoms with Crippen LogP contribution in [0.1, 0.15) is 23.1 Å². The van der Waals surface area contributed by atoms with Crippen molar-refractivity contribution in [2.45, 2.75) is 26.2 Å². The number of hydrogen-bond donors (Lipinski definition) is 2. The van der Waals surface area contributed by atoms with Crippen molar-refractivity contribution in [2.24, 2.45) is 4.99 Å². The van der Waals surface area contributed by atoms with Crippen LogP contribution in [0.3, 0.4) is 0 Å². The maximum atomic E-state index is 5.92. The second kappa shape index (κ2) is 16.9. The number of hydrogen-bond acceptors (Lipinski definition) is 4. The van der Waals surface area contributed by atoms with Gasteiger partial charge in [-0.25, -0.2) is 0 Å². The highest BCUT2D eigenvalue weighted by molar-refractivity contribution is 14.0. The molecular formula is C24H37IN4O2. The first-order chi connectivity index (χ1) is 14.7. The number of nitrogens with zero attached hydrogens (tertiary/aromatic N) is 2. The van der Waals surface area contributed by atoms with Gasteiger partial charge in [0, 0.05) is 46.9 Å². The second-order valence-electron chi connectivity index (χ2n) is 7.25. The van der Waals surface area contributed by atoms with Gasteiger partial charge in [0.15, 0.2) is 5.96 Å². The average Bonchev–Trinajstić information content (AvgIpc) is 2.78. The van der Waals surface area contributed by atoms with E-state index in [1.165, 1.54) is 16.7 Å². The summed E-state index contributed by atoms with van der Waals surface area (Å²) in [6.45, 7) is 5.52. The Bertz CT molecular complexity index is 743. The molecule has 0 aliphatic rings. The van der Waals surface area contributed by atoms with Crippen molar-refractivity contribution in [3.05, 3.63) is 71.3 Å². The third-order valence-corrected chi connectivity index (χ3v) is 4.83. The Labute approximate surface area is 204 Å². The number of guanidine groups is 1. The highest BCUT2D eigenvalue weighted by Crippen LogP contribution is 2.11. The van der Waals surface area contributed by atoms with Gasteiger partial charge in [-0.3, -0.25) is 4.99 Å². The van der Waals surface area contributed by atoms with Gasteiger partial charge >= 0.3 is 0 Å². The molecule has 0 saturated heterocycles. The molecule has 0 aliphatic heterocycles. The fourth-order valence-electron chi connectivity index (χ4n) is 3.08. The number of ether oxygens (including phenoxy) is 2. The molecule has 0 bridgehead atoms. The molecule has 172 valence electrons. The Kier molecular flexibility index (Phi) is 15.0. The van der Waals surface area contributed by atoms with Crippen LogP contribution in [0.25, 0.3) is 0 Å². The van der Waals surface area contributed by atoms with E-state index in [1.54, 1.807) is 14.2 Å². The first kappa shape index (κ1) is 27.4. The third kappa shape index (κ3) is 11.5. The summed E-state index contributed by atoms with van der Waals surface area (Å²) in [5.74, 6) is 0.806. The summed E-state index contributed by atoms with van der Waals surface area (Å²) in [5.41, 5.74) is 3.59. The molecule has 0 spiro atoms. The predicted octanol–water partition coefficient (Wildman–Crippen LogP) is 3.65. The fourth-order valence-corrected chi connectivity index (χ4v) is 3.08. The van der Waals surface area contributed by atoms with Gasteiger partial charge < -0.3 is 25.0 Å². The lowest BCUT2D eigenvalue weighted by atomic mass is 10.1. The minimum absolute atomic E-state index is 0. The smallest absolute Gasteiger partial charge is 0.191 e. The van der Waals surface area contributed by atoms with E-state index < -0.39 is 0 Å². The Balaban J connectivity index is 0.00000480. The van der Waals surface area contributed by atoms with Crippen molar-refractivity contribution in [2.75, 3.05) is 47.4 Å². The molecule has 0 amide bonds. The van der Waals surface area contributed by atoms with Crippen molar-refractivity contribution in [3.63, 3.8) is 0 Å². The third-order valence-electron chi connectivity index (χ3n) is 4.83. The van der Waals surface area contributed by atoms with Gasteiger partial charge in [0.25, 0.3) is 0 Å². The fraction of sp³-hybridized carbons (Fsp3) is 0.458. The molecule has 0 radical (unpaired) electrons. The zero-order chi connectivity index (χ0) is 21.4. The van der Waals surface area contributed by atoms with Crippen molar-refractivity contribution in [1.82, 2.24) is 15.5 Å². The summed E-state index contributed by atoms with van der Waals surface area (Å²) in [4.78, 5) is 6.62. The molecule has 2 N–H and O–H groups in total. The van der Waals surface area contributed by atoms with Gasteiger partial charge in [-0.05, 0) is 30.2 Å². The molecule has 0 saturated carbocycles. The van der Waals surface area contributed by atoms with Crippen molar-refractivity contribution < 1.29 is 9.47 Å². The van der Waals surface area contributed by atoms with Crippen molar-refractivity contribution >= 4 is 29.9 Å². The van der Waals surface area contributed by atoms with Crippen LogP contribution in [0.5, 0.6) is 0 Å². The minimum atomic E-state index is 0. The molecule has 0 aromatic heterocycles. The Morgan fingerprint density at radius 1 is 0.935 bits per heavy atom. The number of methoxy groups -OCH3 is 1. The summed E-state index contributed by atoms with van der Waals surface area (Å²) in [6.07, 6.45) is 1.04. The SMILES string of the molecule is CN=C(NCCN(C)CCCOC)NCc1ccccc1COCc1ccccc1.I. The molecule has 2 aromatic rings. The number of nitrogens with one attached hydrogen (secondary N) is 2. The average molecular weight is 540 g/mol. The summed E-state index contributed by atoms with van der Waals surface area (Å²) in [5, 5.41) is 6.78. The first-order valence-electron chi connectivity index (χ1n) is 10.5. The van der Waals surface area contributed by atoms with E-state index in [9.17, 15) is 0 Å². The largest absolute Gasteiger partial charge is 0.385 e. The molecule has 31 heavy (non-hydrogen) atoms. The first-order valence-corrected chi connectivity index (χ1v) is 10.5. The maximum Gasteiger partial charge on any atom is 0.191 e. The zero-order valence-electron chi connectivity index (χ0n) is 19.0. The lowest BCUT2D eigenvalue weighted by Gasteiger charge is -2.18. The van der Waals surface area contributed by atoms with Crippen LogP contribution in [0, 0.1) is 0 Å². The van der Waals surface area contributed by atoms with Gasteiger partial charge in [-0.1, -0.05) is 54.6 Å². The Morgan fingerprint density at radius 3 is 2.35 bits per heavy atom. The van der Waals surface area contributed by atoms with Crippen LogP contribution in [-0.4, -0.2) is 58.3 Å². The number of rotatable bonds is 13. The van der Waals surface area contributed by atoms with Crippen LogP contribution in [0.2, 0.25) is 0 Å². The Morgan fingerprint density at radius 2 is 1.65 bits per heavy atom. The van der Waals surface area contributed by atoms with Crippen LogP contribution in [0.4, 0.5) is 0 Å². The quantitative estimate of drug-likeness (QED) is 0.176. The molecule has 0 heterocycles. The minimum Gasteiger partial charge on any atom is -0.385 e. The van der Waals surface area contributed by atoms with Gasteiger partial charge in [0.05, 0.1) is 13.2 Å². The van der Waals surface area contributed by atoms with Gasteiger partial charge in [-0.15, -0.1) is 24.0 Å². The normalized spacial score (nSPS) is 11.3. The predicted molar refractivity (Wildman–Crippen MR) is 139 cm³/mol. The summed E-state index contributed by atoms with van der Waals surface area (Å²) < 4.78 is 11.0. The van der Waals surface area contributed by atoms with Crippen LogP contribution in [0.15, 0.2) is 59.6 Å². The van der Waals surface area contributed by atoms with Gasteiger partial charge in [0.2, 0.25) is 0 Å². The van der Waals surface area contributed by atoms with Crippen molar-refractivity contribution in [1.29, 1.82) is 0 Å². The topological polar surface area (TPSA) is 58.1 Å². The van der Waals surface area contributed by atoms with E-state index in [2.05, 4.69) is 64.0 Å². The number of aliphatic imine (C=N–C) groups is 1. The van der Waals surface area contributed by atoms with E-state index in [-0.39, 0.29) is 24.0 Å². The number of likely N-dealkylation sites (N-methyl/N-ethyl adjacent to an activating group) is 1. The molecule has 0 aliphatic carbocycles. The van der Waals surface area contributed by atoms with Crippen LogP contribution >= 0.6 is 24.0 Å². The van der Waals surface area contributed by atoms with E-state index >= 15 is 0 Å². The zero-order valence-corrected chi connectivity index (χ0v) is 21.3. The van der Waals surface area contributed by atoms with Crippen molar-refractivity contribution in [3.8, 4) is 0 Å². The molecule has 2 rings (SSSR count). The van der Waals surface area contributed by atoms with Crippen LogP contribution < -0.4 is 10.6 Å². The molecule has 0 atom stereocenters. The van der Waals surface area contributed by atoms with Crippen LogP contribution in [-0.2, 0) is 29.2 Å². The van der Waals surface area contributed by atoms with Gasteiger partial charge in [0.1, 0.15) is 0 Å². The lowest BCUT2D eigenvalue weighted by molar-refractivity contribution is 0.106. The van der Waals surface area contributed by atoms with E-state index in [1.807, 2.05) is 18.2 Å². The molecule has 0 unspecified atom stereocenters. The number of benzene rings is 2. The lowest BCUT2D eigenvalue weighted by Crippen LogP contribution is -2.40. The second-order valence-corrected chi connectivity index (χ2v) is 7.25. The molecule has 6 nitrogen and oxygen atoms in total. The molecule has 0 fully saturated rings. The van der Waals surface area contributed by atoms with E-state index in [0.717, 1.165) is 38.6 Å². The molecule has 2 aromatic carbocycles. The number of halogens is 1. The summed E-state index contributed by atoms with van der Waals surface area (Å²) in [7, 11) is 5.66.